The highest BCUT2D eigenvalue weighted by atomic mass is 16.2. The first-order chi connectivity index (χ1) is 13.1. The van der Waals surface area contributed by atoms with Gasteiger partial charge in [-0.25, -0.2) is 0 Å². The highest BCUT2D eigenvalue weighted by Gasteiger charge is 2.26. The number of benzene rings is 1. The molecule has 0 saturated carbocycles. The van der Waals surface area contributed by atoms with Gasteiger partial charge < -0.3 is 15.1 Å². The minimum atomic E-state index is 0.00561. The van der Waals surface area contributed by atoms with Gasteiger partial charge in [-0.2, -0.15) is 0 Å². The van der Waals surface area contributed by atoms with Crippen molar-refractivity contribution in [3.63, 3.8) is 0 Å². The maximum Gasteiger partial charge on any atom is 0.256 e. The number of hydrogen-bond donors (Lipinski definition) is 1. The molecule has 0 bridgehead atoms. The van der Waals surface area contributed by atoms with Gasteiger partial charge in [0, 0.05) is 43.8 Å². The summed E-state index contributed by atoms with van der Waals surface area (Å²) in [6.07, 6.45) is 2.35. The lowest BCUT2D eigenvalue weighted by molar-refractivity contribution is -0.123. The second-order valence-electron chi connectivity index (χ2n) is 9.27. The van der Waals surface area contributed by atoms with Gasteiger partial charge in [-0.1, -0.05) is 32.9 Å². The first-order valence-corrected chi connectivity index (χ1v) is 10.6. The summed E-state index contributed by atoms with van der Waals surface area (Å²) in [6, 6.07) is 8.30. The zero-order valence-electron chi connectivity index (χ0n) is 18.4. The van der Waals surface area contributed by atoms with Crippen LogP contribution in [0.1, 0.15) is 71.2 Å². The fourth-order valence-corrected chi connectivity index (χ4v) is 3.85. The zero-order chi connectivity index (χ0) is 20.9. The highest BCUT2D eigenvalue weighted by molar-refractivity contribution is 6.00. The Bertz CT molecular complexity index is 671. The summed E-state index contributed by atoms with van der Waals surface area (Å²) in [5, 5.41) is 3.19. The number of carbonyl (C=O) groups excluding carboxylic acids is 2. The third-order valence-corrected chi connectivity index (χ3v) is 5.25. The molecule has 5 heteroatoms. The summed E-state index contributed by atoms with van der Waals surface area (Å²) in [7, 11) is 0. The molecule has 2 amide bonds. The van der Waals surface area contributed by atoms with Crippen LogP contribution in [0.25, 0.3) is 0 Å². The normalized spacial score (nSPS) is 15.6. The molecule has 2 rings (SSSR count). The number of amides is 2. The van der Waals surface area contributed by atoms with Gasteiger partial charge in [0.1, 0.15) is 0 Å². The molecule has 156 valence electrons. The molecule has 0 atom stereocenters. The van der Waals surface area contributed by atoms with Crippen molar-refractivity contribution in [2.24, 2.45) is 5.41 Å². The molecule has 1 aromatic carbocycles. The molecule has 1 aromatic rings. The van der Waals surface area contributed by atoms with Crippen LogP contribution in [0, 0.1) is 5.41 Å². The zero-order valence-corrected chi connectivity index (χ0v) is 18.4. The van der Waals surface area contributed by atoms with Crippen molar-refractivity contribution in [1.29, 1.82) is 0 Å². The molecular formula is C23H37N3O2. The van der Waals surface area contributed by atoms with Crippen molar-refractivity contribution in [1.82, 2.24) is 10.2 Å². The summed E-state index contributed by atoms with van der Waals surface area (Å²) < 4.78 is 0. The van der Waals surface area contributed by atoms with Gasteiger partial charge in [0.2, 0.25) is 5.91 Å². The lowest BCUT2D eigenvalue weighted by Gasteiger charge is -2.36. The van der Waals surface area contributed by atoms with Gasteiger partial charge >= 0.3 is 0 Å². The average Bonchev–Trinajstić information content (AvgIpc) is 2.61. The van der Waals surface area contributed by atoms with E-state index in [4.69, 9.17) is 0 Å². The summed E-state index contributed by atoms with van der Waals surface area (Å²) >= 11 is 0. The second kappa shape index (κ2) is 9.44. The second-order valence-corrected chi connectivity index (χ2v) is 9.27. The van der Waals surface area contributed by atoms with Crippen molar-refractivity contribution >= 4 is 17.5 Å². The molecule has 1 N–H and O–H groups in total. The number of para-hydroxylation sites is 1. The van der Waals surface area contributed by atoms with Crippen molar-refractivity contribution in [3.8, 4) is 0 Å². The third-order valence-electron chi connectivity index (χ3n) is 5.25. The molecule has 0 unspecified atom stereocenters. The van der Waals surface area contributed by atoms with Crippen LogP contribution in [0.15, 0.2) is 24.3 Å². The maximum atomic E-state index is 13.1. The first kappa shape index (κ1) is 22.3. The minimum absolute atomic E-state index is 0.00561. The van der Waals surface area contributed by atoms with E-state index in [9.17, 15) is 9.59 Å². The van der Waals surface area contributed by atoms with Crippen molar-refractivity contribution < 1.29 is 9.59 Å². The molecule has 1 saturated heterocycles. The largest absolute Gasteiger partial charge is 0.371 e. The molecule has 5 nitrogen and oxygen atoms in total. The van der Waals surface area contributed by atoms with E-state index in [-0.39, 0.29) is 29.3 Å². The quantitative estimate of drug-likeness (QED) is 0.800. The number of piperidine rings is 1. The smallest absolute Gasteiger partial charge is 0.256 e. The Balaban J connectivity index is 2.03. The highest BCUT2D eigenvalue weighted by Crippen LogP contribution is 2.26. The Morgan fingerprint density at radius 2 is 1.79 bits per heavy atom. The van der Waals surface area contributed by atoms with E-state index in [1.54, 1.807) is 0 Å². The van der Waals surface area contributed by atoms with Crippen LogP contribution >= 0.6 is 0 Å². The number of rotatable bonds is 6. The van der Waals surface area contributed by atoms with Crippen LogP contribution < -0.4 is 10.2 Å². The third kappa shape index (κ3) is 5.98. The Hall–Kier alpha value is -2.04. The Kier molecular flexibility index (Phi) is 7.50. The molecule has 1 heterocycles. The fraction of sp³-hybridized carbons (Fsp3) is 0.652. The van der Waals surface area contributed by atoms with Gasteiger partial charge in [0.25, 0.3) is 5.91 Å². The monoisotopic (exact) mass is 387 g/mol. The SMILES string of the molecule is CCN(C(=O)c1ccccc1N1CCC(NC(=O)CC(C)(C)C)CC1)C(C)C. The van der Waals surface area contributed by atoms with E-state index in [0.717, 1.165) is 37.2 Å². The summed E-state index contributed by atoms with van der Waals surface area (Å²) in [5.74, 6) is 0.228. The number of carbonyl (C=O) groups is 2. The van der Waals surface area contributed by atoms with Crippen molar-refractivity contribution in [3.05, 3.63) is 29.8 Å². The molecule has 1 fully saturated rings. The van der Waals surface area contributed by atoms with Crippen LogP contribution in [-0.2, 0) is 4.79 Å². The molecular weight excluding hydrogens is 350 g/mol. The van der Waals surface area contributed by atoms with Gasteiger partial charge in [-0.15, -0.1) is 0 Å². The predicted molar refractivity (Wildman–Crippen MR) is 116 cm³/mol. The number of nitrogens with zero attached hydrogens (tertiary/aromatic N) is 2. The number of hydrogen-bond acceptors (Lipinski definition) is 3. The Morgan fingerprint density at radius 1 is 1.18 bits per heavy atom. The standard InChI is InChI=1S/C23H37N3O2/c1-7-26(17(2)3)22(28)19-10-8-9-11-20(19)25-14-12-18(13-15-25)24-21(27)16-23(4,5)6/h8-11,17-18H,7,12-16H2,1-6H3,(H,24,27). The average molecular weight is 388 g/mol. The molecule has 0 aromatic heterocycles. The Morgan fingerprint density at radius 3 is 2.32 bits per heavy atom. The van der Waals surface area contributed by atoms with E-state index in [2.05, 4.69) is 44.8 Å². The lowest BCUT2D eigenvalue weighted by atomic mass is 9.91. The van der Waals surface area contributed by atoms with E-state index in [1.807, 2.05) is 36.1 Å². The van der Waals surface area contributed by atoms with Crippen LogP contribution in [0.5, 0.6) is 0 Å². The summed E-state index contributed by atoms with van der Waals surface area (Å²) in [6.45, 7) is 14.8. The van der Waals surface area contributed by atoms with Crippen molar-refractivity contribution in [2.45, 2.75) is 72.9 Å². The van der Waals surface area contributed by atoms with Crippen LogP contribution in [-0.4, -0.2) is 48.4 Å². The molecule has 0 aliphatic carbocycles. The molecule has 1 aliphatic rings. The topological polar surface area (TPSA) is 52.7 Å². The molecule has 28 heavy (non-hydrogen) atoms. The summed E-state index contributed by atoms with van der Waals surface area (Å²) in [5.41, 5.74) is 1.78. The first-order valence-electron chi connectivity index (χ1n) is 10.6. The molecule has 0 spiro atoms. The van der Waals surface area contributed by atoms with Gasteiger partial charge in [0.15, 0.2) is 0 Å². The van der Waals surface area contributed by atoms with E-state index in [1.165, 1.54) is 0 Å². The summed E-state index contributed by atoms with van der Waals surface area (Å²) in [4.78, 5) is 29.5. The lowest BCUT2D eigenvalue weighted by Crippen LogP contribution is -2.46. The van der Waals surface area contributed by atoms with Crippen LogP contribution in [0.3, 0.4) is 0 Å². The van der Waals surface area contributed by atoms with Crippen molar-refractivity contribution in [2.75, 3.05) is 24.5 Å². The molecule has 0 radical (unpaired) electrons. The van der Waals surface area contributed by atoms with Gasteiger partial charge in [0.05, 0.1) is 5.56 Å². The molecule has 1 aliphatic heterocycles. The number of anilines is 1. The predicted octanol–water partition coefficient (Wildman–Crippen LogP) is 4.08. The van der Waals surface area contributed by atoms with Gasteiger partial charge in [-0.3, -0.25) is 9.59 Å². The van der Waals surface area contributed by atoms with Gasteiger partial charge in [-0.05, 0) is 51.2 Å². The maximum absolute atomic E-state index is 13.1. The minimum Gasteiger partial charge on any atom is -0.371 e. The number of nitrogens with one attached hydrogen (secondary N) is 1. The van der Waals surface area contributed by atoms with E-state index in [0.29, 0.717) is 13.0 Å². The van der Waals surface area contributed by atoms with Crippen LogP contribution in [0.4, 0.5) is 5.69 Å². The van der Waals surface area contributed by atoms with E-state index < -0.39 is 0 Å². The van der Waals surface area contributed by atoms with E-state index >= 15 is 0 Å². The fourth-order valence-electron chi connectivity index (χ4n) is 3.85. The van der Waals surface area contributed by atoms with Crippen LogP contribution in [0.2, 0.25) is 0 Å². The Labute approximate surface area is 170 Å².